The molecule has 0 N–H and O–H groups in total. The van der Waals surface area contributed by atoms with Crippen LogP contribution in [0.15, 0.2) is 37.1 Å². The number of hydrogen-bond acceptors (Lipinski definition) is 8. The van der Waals surface area contributed by atoms with Crippen LogP contribution in [0.3, 0.4) is 0 Å². The molecule has 9 heteroatoms. The molecule has 27 heavy (non-hydrogen) atoms. The van der Waals surface area contributed by atoms with Gasteiger partial charge in [0.25, 0.3) is 0 Å². The number of piperazine rings is 1. The molecule has 3 aromatic rings. The van der Waals surface area contributed by atoms with Crippen molar-refractivity contribution in [3.8, 4) is 11.3 Å². The van der Waals surface area contributed by atoms with E-state index in [1.807, 2.05) is 50.7 Å². The minimum atomic E-state index is 0.774. The molecule has 0 atom stereocenters. The van der Waals surface area contributed by atoms with E-state index >= 15 is 0 Å². The molecule has 9 nitrogen and oxygen atoms in total. The maximum Gasteiger partial charge on any atom is 0.227 e. The highest BCUT2D eigenvalue weighted by Gasteiger charge is 2.21. The maximum atomic E-state index is 4.77. The van der Waals surface area contributed by atoms with E-state index < -0.39 is 0 Å². The first kappa shape index (κ1) is 17.2. The number of hydrogen-bond donors (Lipinski definition) is 0. The molecule has 0 bridgehead atoms. The Morgan fingerprint density at radius 2 is 1.74 bits per heavy atom. The molecular formula is C18H23N9. The zero-order valence-electron chi connectivity index (χ0n) is 15.8. The lowest BCUT2D eigenvalue weighted by Crippen LogP contribution is -2.47. The fourth-order valence-electron chi connectivity index (χ4n) is 3.08. The fourth-order valence-corrected chi connectivity index (χ4v) is 3.08. The second-order valence-corrected chi connectivity index (χ2v) is 6.75. The predicted molar refractivity (Wildman–Crippen MR) is 105 cm³/mol. The zero-order chi connectivity index (χ0) is 18.8. The first-order chi connectivity index (χ1) is 13.1. The van der Waals surface area contributed by atoms with E-state index in [-0.39, 0.29) is 0 Å². The van der Waals surface area contributed by atoms with E-state index in [1.165, 1.54) is 0 Å². The molecule has 1 saturated heterocycles. The topological polar surface area (TPSA) is 79.1 Å². The van der Waals surface area contributed by atoms with E-state index in [0.29, 0.717) is 0 Å². The van der Waals surface area contributed by atoms with E-state index in [0.717, 1.165) is 55.0 Å². The SMILES string of the molecule is CN(C)c1ccnc(N2CCN(c3cncc(-c4cnn(C)c4)n3)CC2)n1. The molecule has 0 unspecified atom stereocenters. The zero-order valence-corrected chi connectivity index (χ0v) is 15.8. The van der Waals surface area contributed by atoms with Crippen LogP contribution in [0.2, 0.25) is 0 Å². The molecule has 0 spiro atoms. The third-order valence-electron chi connectivity index (χ3n) is 4.60. The van der Waals surface area contributed by atoms with Crippen molar-refractivity contribution >= 4 is 17.6 Å². The summed E-state index contributed by atoms with van der Waals surface area (Å²) in [6, 6.07) is 1.92. The fraction of sp³-hybridized carbons (Fsp3) is 0.389. The molecular weight excluding hydrogens is 342 g/mol. The van der Waals surface area contributed by atoms with Gasteiger partial charge in [0.2, 0.25) is 5.95 Å². The summed E-state index contributed by atoms with van der Waals surface area (Å²) >= 11 is 0. The van der Waals surface area contributed by atoms with Crippen LogP contribution >= 0.6 is 0 Å². The van der Waals surface area contributed by atoms with Crippen molar-refractivity contribution in [3.05, 3.63) is 37.1 Å². The van der Waals surface area contributed by atoms with Crippen LogP contribution < -0.4 is 14.7 Å². The normalized spacial score (nSPS) is 14.5. The summed E-state index contributed by atoms with van der Waals surface area (Å²) in [5.74, 6) is 2.58. The van der Waals surface area contributed by atoms with Crippen LogP contribution in [0.25, 0.3) is 11.3 Å². The van der Waals surface area contributed by atoms with Crippen LogP contribution in [0.1, 0.15) is 0 Å². The monoisotopic (exact) mass is 365 g/mol. The Balaban J connectivity index is 1.46. The lowest BCUT2D eigenvalue weighted by Gasteiger charge is -2.35. The molecule has 3 aromatic heterocycles. The van der Waals surface area contributed by atoms with Crippen LogP contribution in [-0.4, -0.2) is 70.0 Å². The molecule has 1 aliphatic heterocycles. The summed E-state index contributed by atoms with van der Waals surface area (Å²) in [6.45, 7) is 3.38. The van der Waals surface area contributed by atoms with Gasteiger partial charge >= 0.3 is 0 Å². The number of aromatic nitrogens is 6. The Kier molecular flexibility index (Phi) is 4.57. The van der Waals surface area contributed by atoms with Gasteiger partial charge in [-0.3, -0.25) is 9.67 Å². The average molecular weight is 365 g/mol. The average Bonchev–Trinajstić information content (AvgIpc) is 3.15. The smallest absolute Gasteiger partial charge is 0.227 e. The molecule has 0 amide bonds. The van der Waals surface area contributed by atoms with E-state index in [1.54, 1.807) is 17.1 Å². The standard InChI is InChI=1S/C18H23N9/c1-24(2)16-4-5-20-18(23-16)27-8-6-26(7-9-27)17-12-19-11-15(22-17)14-10-21-25(3)13-14/h4-5,10-13H,6-9H2,1-3H3. The van der Waals surface area contributed by atoms with Crippen molar-refractivity contribution in [3.63, 3.8) is 0 Å². The van der Waals surface area contributed by atoms with Crippen molar-refractivity contribution in [2.24, 2.45) is 7.05 Å². The van der Waals surface area contributed by atoms with Crippen LogP contribution in [0.5, 0.6) is 0 Å². The third-order valence-corrected chi connectivity index (χ3v) is 4.60. The van der Waals surface area contributed by atoms with Gasteiger partial charge in [0.1, 0.15) is 11.6 Å². The summed E-state index contributed by atoms with van der Waals surface area (Å²) in [5.41, 5.74) is 1.81. The van der Waals surface area contributed by atoms with Crippen LogP contribution in [0.4, 0.5) is 17.6 Å². The Labute approximate surface area is 158 Å². The van der Waals surface area contributed by atoms with E-state index in [4.69, 9.17) is 4.98 Å². The van der Waals surface area contributed by atoms with Gasteiger partial charge in [-0.05, 0) is 6.07 Å². The number of aryl methyl sites for hydroxylation is 1. The molecule has 0 radical (unpaired) electrons. The van der Waals surface area contributed by atoms with Gasteiger partial charge in [0.15, 0.2) is 0 Å². The highest BCUT2D eigenvalue weighted by molar-refractivity contribution is 5.58. The maximum absolute atomic E-state index is 4.77. The number of nitrogens with zero attached hydrogens (tertiary/aromatic N) is 9. The minimum Gasteiger partial charge on any atom is -0.363 e. The highest BCUT2D eigenvalue weighted by atomic mass is 15.3. The van der Waals surface area contributed by atoms with Crippen LogP contribution in [-0.2, 0) is 7.05 Å². The molecule has 1 fully saturated rings. The molecule has 1 aliphatic rings. The van der Waals surface area contributed by atoms with Gasteiger partial charge in [-0.2, -0.15) is 10.1 Å². The van der Waals surface area contributed by atoms with E-state index in [9.17, 15) is 0 Å². The molecule has 0 aromatic carbocycles. The summed E-state index contributed by atoms with van der Waals surface area (Å²) in [4.78, 5) is 24.7. The molecule has 140 valence electrons. The highest BCUT2D eigenvalue weighted by Crippen LogP contribution is 2.21. The van der Waals surface area contributed by atoms with Gasteiger partial charge in [0, 0.05) is 65.3 Å². The minimum absolute atomic E-state index is 0.774. The van der Waals surface area contributed by atoms with Gasteiger partial charge in [-0.1, -0.05) is 0 Å². The largest absolute Gasteiger partial charge is 0.363 e. The molecule has 4 heterocycles. The van der Waals surface area contributed by atoms with Gasteiger partial charge in [0.05, 0.1) is 24.3 Å². The van der Waals surface area contributed by atoms with Crippen LogP contribution in [0, 0.1) is 0 Å². The predicted octanol–water partition coefficient (Wildman–Crippen LogP) is 1.06. The molecule has 4 rings (SSSR count). The first-order valence-corrected chi connectivity index (χ1v) is 8.91. The van der Waals surface area contributed by atoms with E-state index in [2.05, 4.69) is 29.9 Å². The third kappa shape index (κ3) is 3.67. The Morgan fingerprint density at radius 1 is 0.963 bits per heavy atom. The van der Waals surface area contributed by atoms with Crippen molar-refractivity contribution in [1.82, 2.24) is 29.7 Å². The van der Waals surface area contributed by atoms with Gasteiger partial charge in [-0.25, -0.2) is 9.97 Å². The quantitative estimate of drug-likeness (QED) is 0.679. The number of anilines is 3. The van der Waals surface area contributed by atoms with Crippen molar-refractivity contribution in [2.75, 3.05) is 55.0 Å². The summed E-state index contributed by atoms with van der Waals surface area (Å²) in [5, 5.41) is 4.21. The Bertz CT molecular complexity index is 912. The number of rotatable bonds is 4. The first-order valence-electron chi connectivity index (χ1n) is 8.91. The molecule has 0 saturated carbocycles. The van der Waals surface area contributed by atoms with Crippen molar-refractivity contribution in [2.45, 2.75) is 0 Å². The van der Waals surface area contributed by atoms with Crippen molar-refractivity contribution in [1.29, 1.82) is 0 Å². The van der Waals surface area contributed by atoms with Gasteiger partial charge < -0.3 is 14.7 Å². The second kappa shape index (κ2) is 7.18. The lowest BCUT2D eigenvalue weighted by atomic mass is 10.2. The van der Waals surface area contributed by atoms with Crippen molar-refractivity contribution < 1.29 is 0 Å². The lowest BCUT2D eigenvalue weighted by molar-refractivity contribution is 0.633. The Hall–Kier alpha value is -3.23. The summed E-state index contributed by atoms with van der Waals surface area (Å²) in [6.07, 6.45) is 9.16. The Morgan fingerprint density at radius 3 is 2.44 bits per heavy atom. The summed E-state index contributed by atoms with van der Waals surface area (Å²) < 4.78 is 1.77. The summed E-state index contributed by atoms with van der Waals surface area (Å²) in [7, 11) is 5.86. The second-order valence-electron chi connectivity index (χ2n) is 6.75. The molecule has 0 aliphatic carbocycles. The van der Waals surface area contributed by atoms with Gasteiger partial charge in [-0.15, -0.1) is 0 Å².